The lowest BCUT2D eigenvalue weighted by atomic mass is 10.0. The van der Waals surface area contributed by atoms with Crippen molar-refractivity contribution in [2.24, 2.45) is 0 Å². The molecule has 0 amide bonds. The van der Waals surface area contributed by atoms with Gasteiger partial charge in [-0.2, -0.15) is 13.2 Å². The zero-order valence-corrected chi connectivity index (χ0v) is 22.4. The third-order valence-electron chi connectivity index (χ3n) is 7.94. The molecule has 7 aromatic carbocycles. The summed E-state index contributed by atoms with van der Waals surface area (Å²) in [5.74, 6) is 0. The highest BCUT2D eigenvalue weighted by atomic mass is 31.2. The number of benzene rings is 7. The van der Waals surface area contributed by atoms with E-state index in [9.17, 15) is 13.2 Å². The third kappa shape index (κ3) is 3.69. The molecule has 0 bridgehead atoms. The molecule has 0 radical (unpaired) electrons. The molecule has 0 heterocycles. The van der Waals surface area contributed by atoms with Gasteiger partial charge in [0.05, 0.1) is 5.56 Å². The van der Waals surface area contributed by atoms with E-state index < -0.39 is 18.6 Å². The molecule has 40 heavy (non-hydrogen) atoms. The summed E-state index contributed by atoms with van der Waals surface area (Å²) in [6, 6.07) is 42.3. The summed E-state index contributed by atoms with van der Waals surface area (Å²) in [5, 5.41) is 9.93. The van der Waals surface area contributed by atoms with Crippen molar-refractivity contribution in [2.45, 2.75) is 6.18 Å². The molecular weight excluding hydrogens is 520 g/mol. The quantitative estimate of drug-likeness (QED) is 0.154. The van der Waals surface area contributed by atoms with Gasteiger partial charge in [0.2, 0.25) is 0 Å². The molecule has 0 nitrogen and oxygen atoms in total. The predicted octanol–water partition coefficient (Wildman–Crippen LogP) is 9.04. The fourth-order valence-corrected chi connectivity index (χ4v) is 9.80. The van der Waals surface area contributed by atoms with Crippen molar-refractivity contribution in [1.82, 2.24) is 0 Å². The van der Waals surface area contributed by atoms with Gasteiger partial charge in [-0.1, -0.05) is 122 Å². The van der Waals surface area contributed by atoms with Gasteiger partial charge in [0.25, 0.3) is 0 Å². The molecule has 0 spiro atoms. The number of fused-ring (bicyclic) bond motifs is 6. The maximum Gasteiger partial charge on any atom is 0.417 e. The van der Waals surface area contributed by atoms with Crippen LogP contribution in [0.1, 0.15) is 5.56 Å². The summed E-state index contributed by atoms with van der Waals surface area (Å²) in [5.41, 5.74) is -0.632. The molecule has 0 N–H and O–H groups in total. The summed E-state index contributed by atoms with van der Waals surface area (Å²) in [4.78, 5) is 0. The van der Waals surface area contributed by atoms with E-state index in [-0.39, 0.29) is 5.30 Å². The van der Waals surface area contributed by atoms with Crippen molar-refractivity contribution in [3.63, 3.8) is 0 Å². The van der Waals surface area contributed by atoms with Crippen molar-refractivity contribution in [2.75, 3.05) is 0 Å². The molecule has 0 saturated carbocycles. The summed E-state index contributed by atoms with van der Waals surface area (Å²) >= 11 is 0. The van der Waals surface area contributed by atoms with E-state index in [1.165, 1.54) is 12.1 Å². The van der Waals surface area contributed by atoms with Crippen LogP contribution in [0.4, 0.5) is 13.2 Å². The van der Waals surface area contributed by atoms with Crippen LogP contribution in [-0.2, 0) is 6.18 Å². The number of alkyl halides is 3. The van der Waals surface area contributed by atoms with Crippen molar-refractivity contribution in [3.8, 4) is 0 Å². The van der Waals surface area contributed by atoms with E-state index in [2.05, 4.69) is 36.4 Å². The summed E-state index contributed by atoms with van der Waals surface area (Å²) in [6.07, 6.45) is 0.351. The molecule has 0 aromatic heterocycles. The topological polar surface area (TPSA) is 0 Å². The monoisotopic (exact) mass is 544 g/mol. The van der Waals surface area contributed by atoms with Crippen molar-refractivity contribution in [1.29, 1.82) is 0 Å². The van der Waals surface area contributed by atoms with Crippen molar-refractivity contribution in [3.05, 3.63) is 139 Å². The summed E-state index contributed by atoms with van der Waals surface area (Å²) in [7, 11) is 0. The normalized spacial score (nSPS) is 12.5. The van der Waals surface area contributed by atoms with Crippen LogP contribution in [-0.4, -0.2) is 6.30 Å². The van der Waals surface area contributed by atoms with Crippen molar-refractivity contribution >= 4 is 72.2 Å². The van der Waals surface area contributed by atoms with E-state index in [0.29, 0.717) is 0 Å². The van der Waals surface area contributed by atoms with Gasteiger partial charge in [0.1, 0.15) is 0 Å². The number of halogens is 3. The van der Waals surface area contributed by atoms with E-state index >= 15 is 0 Å². The number of rotatable bonds is 3. The van der Waals surface area contributed by atoms with Gasteiger partial charge in [-0.05, 0) is 84.1 Å². The molecule has 0 fully saturated rings. The molecule has 0 atom stereocenters. The zero-order chi connectivity index (χ0) is 27.5. The maximum absolute atomic E-state index is 14.7. The van der Waals surface area contributed by atoms with Crippen LogP contribution in [0.5, 0.6) is 0 Å². The van der Waals surface area contributed by atoms with E-state index in [1.807, 2.05) is 72.8 Å². The lowest BCUT2D eigenvalue weighted by Crippen LogP contribution is -2.31. The minimum atomic E-state index is -4.53. The first-order valence-corrected chi connectivity index (χ1v) is 15.1. The Morgan fingerprint density at radius 1 is 0.425 bits per heavy atom. The molecular formula is C36H24F3P. The minimum Gasteiger partial charge on any atom is -0.166 e. The lowest BCUT2D eigenvalue weighted by molar-refractivity contribution is -0.136. The van der Waals surface area contributed by atoms with Gasteiger partial charge in [-0.3, -0.25) is 0 Å². The Morgan fingerprint density at radius 3 is 1.27 bits per heavy atom. The van der Waals surface area contributed by atoms with Gasteiger partial charge in [-0.15, -0.1) is 0 Å². The van der Waals surface area contributed by atoms with Crippen LogP contribution in [0.3, 0.4) is 0 Å². The second-order valence-electron chi connectivity index (χ2n) is 10.1. The second-order valence-corrected chi connectivity index (χ2v) is 13.2. The summed E-state index contributed by atoms with van der Waals surface area (Å²) in [6.45, 7) is -3.13. The Labute approximate surface area is 230 Å². The number of hydrogen-bond donors (Lipinski definition) is 0. The second kappa shape index (κ2) is 9.11. The average Bonchev–Trinajstić information content (AvgIpc) is 2.99. The summed E-state index contributed by atoms with van der Waals surface area (Å²) < 4.78 is 44.2. The predicted molar refractivity (Wildman–Crippen MR) is 167 cm³/mol. The van der Waals surface area contributed by atoms with E-state index in [1.54, 1.807) is 12.1 Å². The van der Waals surface area contributed by atoms with E-state index in [0.717, 1.165) is 53.7 Å². The smallest absolute Gasteiger partial charge is 0.166 e. The SMILES string of the molecule is C=P(c1ccccc1C(F)(F)F)(c1cc2ccccc2c2ccccc12)c1cc2ccccc2c2ccccc12. The Bertz CT molecular complexity index is 2020. The molecule has 7 aromatic rings. The van der Waals surface area contributed by atoms with Crippen LogP contribution in [0.15, 0.2) is 133 Å². The molecule has 194 valence electrons. The van der Waals surface area contributed by atoms with Crippen LogP contribution in [0, 0.1) is 0 Å². The fourth-order valence-electron chi connectivity index (χ4n) is 6.14. The highest BCUT2D eigenvalue weighted by Gasteiger charge is 2.38. The Morgan fingerprint density at radius 2 is 0.800 bits per heavy atom. The molecule has 0 aliphatic carbocycles. The molecule has 4 heteroatoms. The fraction of sp³-hybridized carbons (Fsp3) is 0.0278. The largest absolute Gasteiger partial charge is 0.417 e. The van der Waals surface area contributed by atoms with Gasteiger partial charge in [-0.25, -0.2) is 0 Å². The van der Waals surface area contributed by atoms with Crippen LogP contribution < -0.4 is 15.9 Å². The third-order valence-corrected chi connectivity index (χ3v) is 11.5. The van der Waals surface area contributed by atoms with Gasteiger partial charge >= 0.3 is 6.18 Å². The molecule has 7 rings (SSSR count). The molecule has 0 saturated heterocycles. The molecule has 0 aliphatic heterocycles. The van der Waals surface area contributed by atoms with Crippen LogP contribution >= 0.6 is 6.89 Å². The first-order chi connectivity index (χ1) is 19.4. The minimum absolute atomic E-state index is 0.239. The van der Waals surface area contributed by atoms with Gasteiger partial charge in [0.15, 0.2) is 0 Å². The highest BCUT2D eigenvalue weighted by molar-refractivity contribution is 7.94. The molecule has 0 aliphatic rings. The van der Waals surface area contributed by atoms with Gasteiger partial charge < -0.3 is 0 Å². The first-order valence-electron chi connectivity index (χ1n) is 13.1. The standard InChI is InChI=1S/C36H24F3P/c1-40(33-21-11-10-20-32(33)36(37,38)39,34-22-24-12-2-4-14-26(24)28-16-6-8-18-30(28)34)35-23-25-13-3-5-15-27(25)29-17-7-9-19-31(29)35/h2-23H,1H2. The average molecular weight is 545 g/mol. The van der Waals surface area contributed by atoms with Crippen LogP contribution in [0.2, 0.25) is 0 Å². The first kappa shape index (κ1) is 24.7. The Hall–Kier alpha value is -4.33. The lowest BCUT2D eigenvalue weighted by Gasteiger charge is -2.32. The van der Waals surface area contributed by atoms with E-state index in [4.69, 9.17) is 6.30 Å². The zero-order valence-electron chi connectivity index (χ0n) is 21.5. The Kier molecular flexibility index (Phi) is 5.63. The van der Waals surface area contributed by atoms with Gasteiger partial charge in [0, 0.05) is 0 Å². The van der Waals surface area contributed by atoms with Crippen molar-refractivity contribution < 1.29 is 13.2 Å². The molecule has 0 unspecified atom stereocenters. The maximum atomic E-state index is 14.7. The Balaban J connectivity index is 1.73. The number of hydrogen-bond acceptors (Lipinski definition) is 0. The van der Waals surface area contributed by atoms with Crippen LogP contribution in [0.25, 0.3) is 43.1 Å². The highest BCUT2D eigenvalue weighted by Crippen LogP contribution is 2.50.